The van der Waals surface area contributed by atoms with E-state index in [1.54, 1.807) is 6.20 Å². The van der Waals surface area contributed by atoms with Gasteiger partial charge in [-0.15, -0.1) is 0 Å². The molecule has 0 saturated carbocycles. The summed E-state index contributed by atoms with van der Waals surface area (Å²) >= 11 is 0. The predicted octanol–water partition coefficient (Wildman–Crippen LogP) is 1.30. The van der Waals surface area contributed by atoms with Gasteiger partial charge in [0.05, 0.1) is 5.69 Å². The van der Waals surface area contributed by atoms with Crippen LogP contribution in [-0.4, -0.2) is 61.4 Å². The predicted molar refractivity (Wildman–Crippen MR) is 95.9 cm³/mol. The Balaban J connectivity index is 1.47. The summed E-state index contributed by atoms with van der Waals surface area (Å²) in [5.74, 6) is 0.248. The highest BCUT2D eigenvalue weighted by Gasteiger charge is 2.19. The first-order valence-electron chi connectivity index (χ1n) is 9.15. The molecule has 2 aromatic rings. The van der Waals surface area contributed by atoms with Crippen LogP contribution in [0.25, 0.3) is 0 Å². The van der Waals surface area contributed by atoms with Gasteiger partial charge >= 0.3 is 0 Å². The molecular weight excluding hydrogens is 316 g/mol. The van der Waals surface area contributed by atoms with E-state index >= 15 is 0 Å². The minimum absolute atomic E-state index is 0.248. The molecule has 0 spiro atoms. The lowest BCUT2D eigenvalue weighted by Gasteiger charge is -2.21. The Kier molecular flexibility index (Phi) is 5.86. The lowest BCUT2D eigenvalue weighted by atomic mass is 10.2. The zero-order valence-corrected chi connectivity index (χ0v) is 15.3. The highest BCUT2D eigenvalue weighted by atomic mass is 16.2. The molecular formula is C18H28N6O. The van der Waals surface area contributed by atoms with E-state index in [0.29, 0.717) is 6.42 Å². The fourth-order valence-electron chi connectivity index (χ4n) is 3.31. The first kappa shape index (κ1) is 17.7. The maximum atomic E-state index is 12.5. The summed E-state index contributed by atoms with van der Waals surface area (Å²) < 4.78 is 3.80. The van der Waals surface area contributed by atoms with Crippen LogP contribution < -0.4 is 0 Å². The average molecular weight is 344 g/mol. The summed E-state index contributed by atoms with van der Waals surface area (Å²) in [7, 11) is 1.92. The number of aryl methyl sites for hydroxylation is 3. The summed E-state index contributed by atoms with van der Waals surface area (Å²) in [6, 6.07) is 4.07. The molecule has 1 saturated heterocycles. The molecule has 1 amide bonds. The van der Waals surface area contributed by atoms with Gasteiger partial charge in [-0.25, -0.2) is 0 Å². The molecule has 3 rings (SSSR count). The minimum atomic E-state index is 0.248. The SMILES string of the molecule is CCn1ccc(CN2CCCN(C(=O)CCc3ccnn3C)CC2)n1. The zero-order valence-electron chi connectivity index (χ0n) is 15.3. The number of carbonyl (C=O) groups excluding carboxylic acids is 1. The molecule has 1 fully saturated rings. The topological polar surface area (TPSA) is 59.2 Å². The van der Waals surface area contributed by atoms with Crippen LogP contribution >= 0.6 is 0 Å². The van der Waals surface area contributed by atoms with Gasteiger partial charge in [0.15, 0.2) is 0 Å². The number of hydrogen-bond donors (Lipinski definition) is 0. The fourth-order valence-corrected chi connectivity index (χ4v) is 3.31. The van der Waals surface area contributed by atoms with Crippen molar-refractivity contribution in [3.8, 4) is 0 Å². The molecule has 0 bridgehead atoms. The van der Waals surface area contributed by atoms with Crippen LogP contribution in [0.3, 0.4) is 0 Å². The van der Waals surface area contributed by atoms with E-state index in [-0.39, 0.29) is 5.91 Å². The third kappa shape index (κ3) is 4.69. The van der Waals surface area contributed by atoms with Crippen molar-refractivity contribution in [3.05, 3.63) is 35.9 Å². The second-order valence-electron chi connectivity index (χ2n) is 6.62. The second kappa shape index (κ2) is 8.29. The summed E-state index contributed by atoms with van der Waals surface area (Å²) in [6.07, 6.45) is 6.14. The molecule has 0 atom stereocenters. The number of carbonyl (C=O) groups is 1. The number of nitrogens with zero attached hydrogens (tertiary/aromatic N) is 6. The molecule has 1 aliphatic rings. The van der Waals surface area contributed by atoms with E-state index < -0.39 is 0 Å². The molecule has 7 heteroatoms. The Bertz CT molecular complexity index is 691. The molecule has 1 aliphatic heterocycles. The van der Waals surface area contributed by atoms with Crippen LogP contribution in [0.2, 0.25) is 0 Å². The van der Waals surface area contributed by atoms with E-state index in [9.17, 15) is 4.79 Å². The first-order valence-corrected chi connectivity index (χ1v) is 9.15. The van der Waals surface area contributed by atoms with Crippen molar-refractivity contribution in [1.29, 1.82) is 0 Å². The summed E-state index contributed by atoms with van der Waals surface area (Å²) in [5.41, 5.74) is 2.22. The molecule has 2 aromatic heterocycles. The Morgan fingerprint density at radius 2 is 2.08 bits per heavy atom. The van der Waals surface area contributed by atoms with Crippen molar-refractivity contribution in [2.24, 2.45) is 7.05 Å². The van der Waals surface area contributed by atoms with Gasteiger partial charge in [0.1, 0.15) is 0 Å². The minimum Gasteiger partial charge on any atom is -0.341 e. The zero-order chi connectivity index (χ0) is 17.6. The van der Waals surface area contributed by atoms with Gasteiger partial charge in [0.25, 0.3) is 0 Å². The van der Waals surface area contributed by atoms with Crippen LogP contribution in [-0.2, 0) is 31.4 Å². The van der Waals surface area contributed by atoms with Crippen molar-refractivity contribution in [2.45, 2.75) is 39.3 Å². The van der Waals surface area contributed by atoms with Gasteiger partial charge in [-0.3, -0.25) is 19.1 Å². The monoisotopic (exact) mass is 344 g/mol. The molecule has 25 heavy (non-hydrogen) atoms. The van der Waals surface area contributed by atoms with Crippen LogP contribution in [0.5, 0.6) is 0 Å². The maximum Gasteiger partial charge on any atom is 0.223 e. The lowest BCUT2D eigenvalue weighted by molar-refractivity contribution is -0.131. The van der Waals surface area contributed by atoms with Crippen LogP contribution in [0.1, 0.15) is 31.2 Å². The number of aromatic nitrogens is 4. The van der Waals surface area contributed by atoms with E-state index in [4.69, 9.17) is 0 Å². The summed E-state index contributed by atoms with van der Waals surface area (Å²) in [4.78, 5) is 16.9. The highest BCUT2D eigenvalue weighted by Crippen LogP contribution is 2.10. The van der Waals surface area contributed by atoms with E-state index in [2.05, 4.69) is 28.1 Å². The standard InChI is InChI=1S/C18H28N6O/c1-3-24-12-8-16(20-24)15-22-10-4-11-23(14-13-22)18(25)6-5-17-7-9-19-21(17)2/h7-9,12H,3-6,10-11,13-15H2,1-2H3. The van der Waals surface area contributed by atoms with E-state index in [1.807, 2.05) is 33.6 Å². The quantitative estimate of drug-likeness (QED) is 0.793. The van der Waals surface area contributed by atoms with Crippen molar-refractivity contribution in [2.75, 3.05) is 26.2 Å². The Morgan fingerprint density at radius 3 is 2.80 bits per heavy atom. The normalized spacial score (nSPS) is 16.2. The van der Waals surface area contributed by atoms with Crippen molar-refractivity contribution >= 4 is 5.91 Å². The van der Waals surface area contributed by atoms with Crippen LogP contribution in [0, 0.1) is 0 Å². The molecule has 0 N–H and O–H groups in total. The van der Waals surface area contributed by atoms with Gasteiger partial charge in [0.2, 0.25) is 5.91 Å². The average Bonchev–Trinajstić information content (AvgIpc) is 3.16. The maximum absolute atomic E-state index is 12.5. The summed E-state index contributed by atoms with van der Waals surface area (Å²) in [5, 5.41) is 8.72. The molecule has 0 unspecified atom stereocenters. The Hall–Kier alpha value is -2.15. The van der Waals surface area contributed by atoms with Gasteiger partial charge in [-0.1, -0.05) is 0 Å². The molecule has 136 valence electrons. The van der Waals surface area contributed by atoms with Crippen molar-refractivity contribution in [3.63, 3.8) is 0 Å². The summed E-state index contributed by atoms with van der Waals surface area (Å²) in [6.45, 7) is 7.45. The highest BCUT2D eigenvalue weighted by molar-refractivity contribution is 5.76. The molecule has 0 radical (unpaired) electrons. The van der Waals surface area contributed by atoms with Crippen molar-refractivity contribution in [1.82, 2.24) is 29.4 Å². The first-order chi connectivity index (χ1) is 12.2. The number of rotatable bonds is 6. The van der Waals surface area contributed by atoms with Gasteiger partial charge in [0, 0.05) is 70.8 Å². The fraction of sp³-hybridized carbons (Fsp3) is 0.611. The van der Waals surface area contributed by atoms with E-state index in [1.165, 1.54) is 0 Å². The largest absolute Gasteiger partial charge is 0.341 e. The third-order valence-electron chi connectivity index (χ3n) is 4.86. The smallest absolute Gasteiger partial charge is 0.223 e. The van der Waals surface area contributed by atoms with E-state index in [0.717, 1.165) is 63.5 Å². The number of hydrogen-bond acceptors (Lipinski definition) is 4. The molecule has 7 nitrogen and oxygen atoms in total. The van der Waals surface area contributed by atoms with Gasteiger partial charge in [-0.2, -0.15) is 10.2 Å². The molecule has 0 aliphatic carbocycles. The van der Waals surface area contributed by atoms with Crippen LogP contribution in [0.4, 0.5) is 0 Å². The van der Waals surface area contributed by atoms with Gasteiger partial charge in [-0.05, 0) is 31.9 Å². The molecule has 3 heterocycles. The lowest BCUT2D eigenvalue weighted by Crippen LogP contribution is -2.35. The number of amides is 1. The van der Waals surface area contributed by atoms with Crippen molar-refractivity contribution < 1.29 is 4.79 Å². The Labute approximate surface area is 149 Å². The third-order valence-corrected chi connectivity index (χ3v) is 4.86. The Morgan fingerprint density at radius 1 is 1.20 bits per heavy atom. The molecule has 0 aromatic carbocycles. The second-order valence-corrected chi connectivity index (χ2v) is 6.62. The van der Waals surface area contributed by atoms with Crippen LogP contribution in [0.15, 0.2) is 24.5 Å². The van der Waals surface area contributed by atoms with Gasteiger partial charge < -0.3 is 4.90 Å².